The summed E-state index contributed by atoms with van der Waals surface area (Å²) >= 11 is 0. The number of piperidine rings is 1. The zero-order chi connectivity index (χ0) is 14.0. The third-order valence-corrected chi connectivity index (χ3v) is 6.50. The second-order valence-corrected chi connectivity index (χ2v) is 7.59. The Labute approximate surface area is 122 Å². The molecule has 20 heavy (non-hydrogen) atoms. The number of benzene rings is 1. The van der Waals surface area contributed by atoms with Crippen LogP contribution in [0, 0.1) is 18.0 Å². The number of fused-ring (bicyclic) bond motifs is 1. The van der Waals surface area contributed by atoms with Crippen molar-refractivity contribution in [2.24, 2.45) is 5.92 Å². The van der Waals surface area contributed by atoms with Gasteiger partial charge in [-0.15, -0.1) is 0 Å². The van der Waals surface area contributed by atoms with Crippen LogP contribution < -0.4 is 0 Å². The van der Waals surface area contributed by atoms with Gasteiger partial charge in [-0.25, -0.2) is 0 Å². The molecule has 0 radical (unpaired) electrons. The molecule has 1 saturated carbocycles. The van der Waals surface area contributed by atoms with E-state index in [9.17, 15) is 5.21 Å². The van der Waals surface area contributed by atoms with E-state index < -0.39 is 0 Å². The fourth-order valence-electron chi connectivity index (χ4n) is 5.47. The van der Waals surface area contributed by atoms with E-state index in [2.05, 4.69) is 25.1 Å². The summed E-state index contributed by atoms with van der Waals surface area (Å²) in [6, 6.07) is 7.27. The number of hydrogen-bond acceptors (Lipinski definition) is 1. The number of hydrogen-bond donors (Lipinski definition) is 0. The van der Waals surface area contributed by atoms with Crippen LogP contribution in [0.15, 0.2) is 18.2 Å². The Balaban J connectivity index is 1.92. The van der Waals surface area contributed by atoms with Crippen LogP contribution in [-0.4, -0.2) is 24.3 Å². The van der Waals surface area contributed by atoms with E-state index >= 15 is 0 Å². The van der Waals surface area contributed by atoms with Gasteiger partial charge in [-0.3, -0.25) is 0 Å². The van der Waals surface area contributed by atoms with Gasteiger partial charge in [0.15, 0.2) is 0 Å². The molecule has 3 aliphatic rings. The maximum Gasteiger partial charge on any atom is 0.0963 e. The number of aryl methyl sites for hydroxylation is 1. The minimum Gasteiger partial charge on any atom is -0.633 e. The van der Waals surface area contributed by atoms with Crippen molar-refractivity contribution < 1.29 is 4.65 Å². The van der Waals surface area contributed by atoms with Gasteiger partial charge in [-0.1, -0.05) is 36.6 Å². The number of hydroxylamine groups is 3. The highest BCUT2D eigenvalue weighted by molar-refractivity contribution is 5.42. The quantitative estimate of drug-likeness (QED) is 0.521. The third-order valence-electron chi connectivity index (χ3n) is 6.50. The minimum atomic E-state index is -0.000265. The first kappa shape index (κ1) is 12.8. The lowest BCUT2D eigenvalue weighted by molar-refractivity contribution is -0.899. The van der Waals surface area contributed by atoms with E-state index in [1.807, 2.05) is 7.05 Å². The highest BCUT2D eigenvalue weighted by atomic mass is 16.5. The first-order valence-corrected chi connectivity index (χ1v) is 8.19. The van der Waals surface area contributed by atoms with Gasteiger partial charge >= 0.3 is 0 Å². The van der Waals surface area contributed by atoms with Crippen molar-refractivity contribution in [3.63, 3.8) is 0 Å². The largest absolute Gasteiger partial charge is 0.633 e. The molecule has 2 bridgehead atoms. The van der Waals surface area contributed by atoms with Crippen LogP contribution in [0.1, 0.15) is 48.8 Å². The molecule has 0 spiro atoms. The van der Waals surface area contributed by atoms with Crippen molar-refractivity contribution in [3.05, 3.63) is 40.1 Å². The molecule has 0 aromatic heterocycles. The normalized spacial score (nSPS) is 42.8. The fourth-order valence-corrected chi connectivity index (χ4v) is 5.47. The van der Waals surface area contributed by atoms with Crippen molar-refractivity contribution in [3.8, 4) is 0 Å². The molecule has 4 atom stereocenters. The topological polar surface area (TPSA) is 23.1 Å². The highest BCUT2D eigenvalue weighted by Crippen LogP contribution is 2.56. The van der Waals surface area contributed by atoms with Crippen LogP contribution in [0.25, 0.3) is 0 Å². The molecule has 2 nitrogen and oxygen atoms in total. The molecule has 1 aromatic carbocycles. The molecule has 1 heterocycles. The maximum atomic E-state index is 12.9. The van der Waals surface area contributed by atoms with E-state index in [1.54, 1.807) is 5.56 Å². The molecular formula is C18H25NO. The van der Waals surface area contributed by atoms with Gasteiger partial charge in [-0.2, -0.15) is 0 Å². The maximum absolute atomic E-state index is 12.9. The molecule has 2 fully saturated rings. The fraction of sp³-hybridized carbons (Fsp3) is 0.667. The summed E-state index contributed by atoms with van der Waals surface area (Å²) in [4.78, 5) is 0. The molecule has 108 valence electrons. The van der Waals surface area contributed by atoms with Gasteiger partial charge in [0.05, 0.1) is 19.6 Å². The summed E-state index contributed by atoms with van der Waals surface area (Å²) in [6.45, 7) is 3.02. The number of quaternary nitrogens is 1. The second kappa shape index (κ2) is 4.08. The first-order valence-electron chi connectivity index (χ1n) is 8.19. The summed E-state index contributed by atoms with van der Waals surface area (Å²) in [7, 11) is 1.92. The molecule has 0 N–H and O–H groups in total. The number of rotatable bonds is 0. The Hall–Kier alpha value is -0.860. The van der Waals surface area contributed by atoms with Crippen molar-refractivity contribution in [1.29, 1.82) is 0 Å². The van der Waals surface area contributed by atoms with E-state index in [0.717, 1.165) is 19.4 Å². The molecule has 1 saturated heterocycles. The average molecular weight is 271 g/mol. The van der Waals surface area contributed by atoms with Crippen LogP contribution in [-0.2, 0) is 11.8 Å². The standard InChI is InChI=1S/C18H25NO/c1-13-6-7-14-12-17-15-5-3-4-8-18(15,16(14)11-13)9-10-19(17,2)20/h6-7,11,15,17H,3-5,8-10,12H2,1-2H3/t15?,17?,18-,19-/m0/s1. The summed E-state index contributed by atoms with van der Waals surface area (Å²) in [6.07, 6.45) is 7.36. The lowest BCUT2D eigenvalue weighted by Crippen LogP contribution is -2.66. The molecule has 0 amide bonds. The molecule has 4 rings (SSSR count). The zero-order valence-corrected chi connectivity index (χ0v) is 12.7. The van der Waals surface area contributed by atoms with Crippen LogP contribution in [0.2, 0.25) is 0 Å². The average Bonchev–Trinajstić information content (AvgIpc) is 2.44. The Kier molecular flexibility index (Phi) is 2.62. The highest BCUT2D eigenvalue weighted by Gasteiger charge is 2.56. The molecule has 2 aliphatic carbocycles. The van der Waals surface area contributed by atoms with Gasteiger partial charge in [0.25, 0.3) is 0 Å². The van der Waals surface area contributed by atoms with Crippen LogP contribution >= 0.6 is 0 Å². The van der Waals surface area contributed by atoms with E-state index in [-0.39, 0.29) is 4.65 Å². The first-order chi connectivity index (χ1) is 9.53. The minimum absolute atomic E-state index is 0.000265. The van der Waals surface area contributed by atoms with Gasteiger partial charge in [0.2, 0.25) is 0 Å². The summed E-state index contributed by atoms with van der Waals surface area (Å²) in [5.41, 5.74) is 4.80. The van der Waals surface area contributed by atoms with E-state index in [0.29, 0.717) is 17.4 Å². The van der Waals surface area contributed by atoms with E-state index in [1.165, 1.54) is 36.8 Å². The van der Waals surface area contributed by atoms with Gasteiger partial charge in [0, 0.05) is 24.2 Å². The van der Waals surface area contributed by atoms with Crippen LogP contribution in [0.5, 0.6) is 0 Å². The van der Waals surface area contributed by atoms with Crippen molar-refractivity contribution in [2.75, 3.05) is 13.6 Å². The Morgan fingerprint density at radius 1 is 1.25 bits per heavy atom. The SMILES string of the molecule is Cc1ccc2c(c1)[C@]13CCCCC1C(C2)[N@@+](C)([O-])CC3. The van der Waals surface area contributed by atoms with Gasteiger partial charge in [-0.05, 0) is 30.9 Å². The van der Waals surface area contributed by atoms with Crippen molar-refractivity contribution in [1.82, 2.24) is 0 Å². The summed E-state index contributed by atoms with van der Waals surface area (Å²) in [5.74, 6) is 0.627. The molecule has 1 aliphatic heterocycles. The molecule has 2 unspecified atom stereocenters. The van der Waals surface area contributed by atoms with Gasteiger partial charge in [0.1, 0.15) is 0 Å². The zero-order valence-electron chi connectivity index (χ0n) is 12.7. The third kappa shape index (κ3) is 1.58. The van der Waals surface area contributed by atoms with Crippen molar-refractivity contribution >= 4 is 0 Å². The number of likely N-dealkylation sites (tertiary alicyclic amines) is 1. The summed E-state index contributed by atoms with van der Waals surface area (Å²) < 4.78 is -0.000265. The lowest BCUT2D eigenvalue weighted by Gasteiger charge is -2.63. The van der Waals surface area contributed by atoms with E-state index in [4.69, 9.17) is 0 Å². The van der Waals surface area contributed by atoms with Crippen LogP contribution in [0.3, 0.4) is 0 Å². The second-order valence-electron chi connectivity index (χ2n) is 7.59. The molecular weight excluding hydrogens is 246 g/mol. The Morgan fingerprint density at radius 3 is 2.95 bits per heavy atom. The predicted octanol–water partition coefficient (Wildman–Crippen LogP) is 3.70. The van der Waals surface area contributed by atoms with Crippen molar-refractivity contribution in [2.45, 2.75) is 56.9 Å². The monoisotopic (exact) mass is 271 g/mol. The molecule has 2 heteroatoms. The Bertz CT molecular complexity index is 550. The lowest BCUT2D eigenvalue weighted by atomic mass is 9.52. The smallest absolute Gasteiger partial charge is 0.0963 e. The number of nitrogens with zero attached hydrogens (tertiary/aromatic N) is 1. The van der Waals surface area contributed by atoms with Gasteiger partial charge < -0.3 is 9.85 Å². The summed E-state index contributed by atoms with van der Waals surface area (Å²) in [5, 5.41) is 12.9. The van der Waals surface area contributed by atoms with Crippen LogP contribution in [0.4, 0.5) is 0 Å². The Morgan fingerprint density at radius 2 is 2.10 bits per heavy atom. The number of likely N-dealkylation sites (N-methyl/N-ethyl adjacent to an activating group) is 1. The predicted molar refractivity (Wildman–Crippen MR) is 81.3 cm³/mol. The molecule has 1 aromatic rings.